The number of urea groups is 1. The Morgan fingerprint density at radius 2 is 1.88 bits per heavy atom. The predicted octanol–water partition coefficient (Wildman–Crippen LogP) is 0.467. The molecule has 2 rings (SSSR count). The fourth-order valence-corrected chi connectivity index (χ4v) is 1.80. The molecule has 0 saturated carbocycles. The quantitative estimate of drug-likeness (QED) is 0.293. The zero-order valence-electron chi connectivity index (χ0n) is 12.9. The van der Waals surface area contributed by atoms with E-state index in [1.807, 2.05) is 30.3 Å². The van der Waals surface area contributed by atoms with Crippen LogP contribution in [0.5, 0.6) is 0 Å². The van der Waals surface area contributed by atoms with Gasteiger partial charge in [0.05, 0.1) is 0 Å². The van der Waals surface area contributed by atoms with Gasteiger partial charge in [-0.25, -0.2) is 14.8 Å². The van der Waals surface area contributed by atoms with Crippen molar-refractivity contribution in [1.29, 1.82) is 0 Å². The summed E-state index contributed by atoms with van der Waals surface area (Å²) in [5.41, 5.74) is 16.3. The summed E-state index contributed by atoms with van der Waals surface area (Å²) in [7, 11) is 0. The van der Waals surface area contributed by atoms with Crippen LogP contribution >= 0.6 is 11.6 Å². The van der Waals surface area contributed by atoms with Crippen molar-refractivity contribution in [3.8, 4) is 0 Å². The maximum absolute atomic E-state index is 11.8. The van der Waals surface area contributed by atoms with Crippen LogP contribution in [0.15, 0.2) is 35.3 Å². The number of rotatable bonds is 5. The number of nitrogens with one attached hydrogen (secondary N) is 3. The highest BCUT2D eigenvalue weighted by Crippen LogP contribution is 2.17. The van der Waals surface area contributed by atoms with Gasteiger partial charge in [-0.1, -0.05) is 41.9 Å². The minimum absolute atomic E-state index is 0.0884. The fourth-order valence-electron chi connectivity index (χ4n) is 1.67. The second kappa shape index (κ2) is 8.45. The Balaban J connectivity index is 1.80. The second-order valence-electron chi connectivity index (χ2n) is 4.63. The van der Waals surface area contributed by atoms with Gasteiger partial charge in [-0.05, 0) is 5.56 Å². The summed E-state index contributed by atoms with van der Waals surface area (Å²) in [6, 6.07) is 8.85. The Morgan fingerprint density at radius 3 is 2.60 bits per heavy atom. The van der Waals surface area contributed by atoms with Gasteiger partial charge in [-0.15, -0.1) is 0 Å². The molecule has 11 heteroatoms. The van der Waals surface area contributed by atoms with Crippen molar-refractivity contribution in [2.75, 3.05) is 11.5 Å². The van der Waals surface area contributed by atoms with Gasteiger partial charge in [0.2, 0.25) is 0 Å². The number of halogens is 1. The first-order chi connectivity index (χ1) is 12.0. The first-order valence-corrected chi connectivity index (χ1v) is 7.34. The van der Waals surface area contributed by atoms with Gasteiger partial charge in [0.25, 0.3) is 0 Å². The van der Waals surface area contributed by atoms with Gasteiger partial charge in [0.15, 0.2) is 22.5 Å². The highest BCUT2D eigenvalue weighted by atomic mass is 35.5. The minimum Gasteiger partial charge on any atom is -0.382 e. The van der Waals surface area contributed by atoms with E-state index in [1.165, 1.54) is 0 Å². The summed E-state index contributed by atoms with van der Waals surface area (Å²) in [6.45, 7) is 0.348. The Kier molecular flexibility index (Phi) is 6.07. The number of anilines is 2. The summed E-state index contributed by atoms with van der Waals surface area (Å²) in [4.78, 5) is 34.3. The maximum atomic E-state index is 11.8. The van der Waals surface area contributed by atoms with Gasteiger partial charge in [-0.3, -0.25) is 15.6 Å². The third-order valence-electron chi connectivity index (χ3n) is 2.84. The third kappa shape index (κ3) is 5.32. The molecule has 0 radical (unpaired) electrons. The van der Waals surface area contributed by atoms with Gasteiger partial charge >= 0.3 is 11.9 Å². The van der Waals surface area contributed by atoms with Crippen LogP contribution in [0.3, 0.4) is 0 Å². The number of aromatic nitrogens is 2. The number of hydrogen-bond acceptors (Lipinski definition) is 6. The van der Waals surface area contributed by atoms with Gasteiger partial charge in [0.1, 0.15) is 6.34 Å². The van der Waals surface area contributed by atoms with Crippen LogP contribution < -0.4 is 27.6 Å². The standard InChI is InChI=1S/C14H15ClN8O2/c15-10-12(17)22-11(16)9(21-10)13(24)19-7-20-23-14(25)18-6-8-4-2-1-3-5-8/h1-5,7H,6H2,(H4,16,17,22)(H2,18,23,25)(H,19,20,24). The Labute approximate surface area is 147 Å². The highest BCUT2D eigenvalue weighted by Gasteiger charge is 2.14. The fraction of sp³-hybridized carbons (Fsp3) is 0.0714. The molecule has 0 spiro atoms. The predicted molar refractivity (Wildman–Crippen MR) is 93.6 cm³/mol. The molecule has 130 valence electrons. The lowest BCUT2D eigenvalue weighted by molar-refractivity contribution is 0.0999. The molecule has 1 aromatic heterocycles. The van der Waals surface area contributed by atoms with E-state index in [0.717, 1.165) is 11.9 Å². The molecule has 0 aliphatic rings. The summed E-state index contributed by atoms with van der Waals surface area (Å²) in [5, 5.41) is 2.46. The molecular weight excluding hydrogens is 348 g/mol. The monoisotopic (exact) mass is 362 g/mol. The van der Waals surface area contributed by atoms with Crippen molar-refractivity contribution >= 4 is 41.5 Å². The third-order valence-corrected chi connectivity index (χ3v) is 3.11. The van der Waals surface area contributed by atoms with E-state index in [4.69, 9.17) is 23.1 Å². The van der Waals surface area contributed by atoms with Crippen molar-refractivity contribution in [3.63, 3.8) is 0 Å². The molecule has 0 fully saturated rings. The average molecular weight is 363 g/mol. The number of aliphatic imine (C=N–C) groups is 1. The van der Waals surface area contributed by atoms with Crippen molar-refractivity contribution in [2.45, 2.75) is 6.54 Å². The number of nitrogens with zero attached hydrogens (tertiary/aromatic N) is 3. The second-order valence-corrected chi connectivity index (χ2v) is 4.99. The molecule has 0 saturated heterocycles. The van der Waals surface area contributed by atoms with Crippen molar-refractivity contribution in [2.24, 2.45) is 4.99 Å². The topological polar surface area (TPSA) is 160 Å². The Morgan fingerprint density at radius 1 is 1.16 bits per heavy atom. The number of hydrazine groups is 1. The van der Waals surface area contributed by atoms with Crippen molar-refractivity contribution in [1.82, 2.24) is 26.1 Å². The number of nitrogen functional groups attached to an aromatic ring is 2. The molecule has 7 N–H and O–H groups in total. The molecular formula is C14H15ClN8O2. The van der Waals surface area contributed by atoms with E-state index in [-0.39, 0.29) is 22.5 Å². The molecule has 0 atom stereocenters. The zero-order valence-corrected chi connectivity index (χ0v) is 13.6. The maximum Gasteiger partial charge on any atom is 0.333 e. The molecule has 0 aliphatic heterocycles. The number of hydrogen-bond donors (Lipinski definition) is 5. The van der Waals surface area contributed by atoms with Crippen LogP contribution in [0.4, 0.5) is 16.4 Å². The van der Waals surface area contributed by atoms with Crippen LogP contribution in [0.25, 0.3) is 0 Å². The van der Waals surface area contributed by atoms with E-state index in [0.29, 0.717) is 6.54 Å². The number of benzene rings is 1. The molecule has 10 nitrogen and oxygen atoms in total. The smallest absolute Gasteiger partial charge is 0.333 e. The largest absolute Gasteiger partial charge is 0.382 e. The van der Waals surface area contributed by atoms with Crippen LogP contribution in [0, 0.1) is 0 Å². The van der Waals surface area contributed by atoms with Crippen LogP contribution in [0.1, 0.15) is 16.1 Å². The van der Waals surface area contributed by atoms with Crippen molar-refractivity contribution < 1.29 is 9.59 Å². The average Bonchev–Trinajstić information content (AvgIpc) is 2.60. The van der Waals surface area contributed by atoms with E-state index < -0.39 is 11.9 Å². The molecule has 0 bridgehead atoms. The van der Waals surface area contributed by atoms with Gasteiger partial charge in [-0.2, -0.15) is 4.99 Å². The SMILES string of the molecule is Nc1nc(N)c(C(=O)N=CNNC(=O)NCc2ccccc2)nc1Cl. The normalized spacial score (nSPS) is 10.4. The first kappa shape index (κ1) is 17.9. The van der Waals surface area contributed by atoms with E-state index in [1.54, 1.807) is 0 Å². The summed E-state index contributed by atoms with van der Waals surface area (Å²) < 4.78 is 0. The number of amides is 3. The molecule has 25 heavy (non-hydrogen) atoms. The van der Waals surface area contributed by atoms with Gasteiger partial charge in [0, 0.05) is 6.54 Å². The number of nitrogens with two attached hydrogens (primary N) is 2. The van der Waals surface area contributed by atoms with Crippen molar-refractivity contribution in [3.05, 3.63) is 46.7 Å². The van der Waals surface area contributed by atoms with Gasteiger partial charge < -0.3 is 16.8 Å². The van der Waals surface area contributed by atoms with Crippen LogP contribution in [0.2, 0.25) is 5.15 Å². The molecule has 0 aliphatic carbocycles. The van der Waals surface area contributed by atoms with Crippen LogP contribution in [-0.2, 0) is 6.54 Å². The first-order valence-electron chi connectivity index (χ1n) is 6.96. The Bertz CT molecular complexity index is 797. The summed E-state index contributed by atoms with van der Waals surface area (Å²) in [5.74, 6) is -1.09. The van der Waals surface area contributed by atoms with E-state index in [2.05, 4.69) is 31.1 Å². The Hall–Kier alpha value is -3.40. The highest BCUT2D eigenvalue weighted by molar-refractivity contribution is 6.31. The molecule has 1 heterocycles. The lowest BCUT2D eigenvalue weighted by atomic mass is 10.2. The molecule has 3 amide bonds. The lowest BCUT2D eigenvalue weighted by Crippen LogP contribution is -2.43. The number of carbonyl (C=O) groups is 2. The molecule has 2 aromatic rings. The van der Waals surface area contributed by atoms with E-state index >= 15 is 0 Å². The number of carbonyl (C=O) groups excluding carboxylic acids is 2. The van der Waals surface area contributed by atoms with Crippen LogP contribution in [-0.4, -0.2) is 28.2 Å². The molecule has 1 aromatic carbocycles. The summed E-state index contributed by atoms with van der Waals surface area (Å²) >= 11 is 5.68. The zero-order chi connectivity index (χ0) is 18.2. The van der Waals surface area contributed by atoms with E-state index in [9.17, 15) is 9.59 Å². The lowest BCUT2D eigenvalue weighted by Gasteiger charge is -2.06. The minimum atomic E-state index is -0.800. The molecule has 0 unspecified atom stereocenters. The summed E-state index contributed by atoms with van der Waals surface area (Å²) in [6.07, 6.45) is 0.968.